The molecule has 1 aliphatic rings. The minimum atomic E-state index is -0.989. The van der Waals surface area contributed by atoms with Crippen molar-refractivity contribution >= 4 is 0 Å². The number of allylic oxidation sites excluding steroid dienone is 1. The largest absolute Gasteiger partial charge is 0.394 e. The Kier molecular flexibility index (Phi) is 13.3. The molecular formula is C20H38O5. The quantitative estimate of drug-likeness (QED) is 0.310. The molecule has 1 rings (SSSR count). The molecule has 148 valence electrons. The zero-order valence-corrected chi connectivity index (χ0v) is 15.7. The molecule has 4 atom stereocenters. The minimum Gasteiger partial charge on any atom is -0.394 e. The zero-order valence-electron chi connectivity index (χ0n) is 15.7. The Morgan fingerprint density at radius 2 is 1.48 bits per heavy atom. The van der Waals surface area contributed by atoms with E-state index in [1.165, 1.54) is 51.4 Å². The second kappa shape index (κ2) is 14.7. The summed E-state index contributed by atoms with van der Waals surface area (Å²) in [5.74, 6) is 0. The first-order chi connectivity index (χ1) is 12.2. The number of hydrogen-bond donors (Lipinski definition) is 3. The maximum atomic E-state index is 9.96. The molecule has 0 bridgehead atoms. The van der Waals surface area contributed by atoms with E-state index in [1.807, 2.05) is 6.08 Å². The van der Waals surface area contributed by atoms with Crippen molar-refractivity contribution in [3.63, 3.8) is 0 Å². The number of hydrogen-bond acceptors (Lipinski definition) is 5. The minimum absolute atomic E-state index is 0.0422. The van der Waals surface area contributed by atoms with Gasteiger partial charge in [-0.1, -0.05) is 57.4 Å². The number of ether oxygens (including phenoxy) is 2. The molecule has 0 amide bonds. The third kappa shape index (κ3) is 9.71. The van der Waals surface area contributed by atoms with Crippen molar-refractivity contribution in [3.8, 4) is 0 Å². The highest BCUT2D eigenvalue weighted by molar-refractivity contribution is 4.87. The second-order valence-electron chi connectivity index (χ2n) is 7.06. The van der Waals surface area contributed by atoms with Gasteiger partial charge < -0.3 is 24.8 Å². The topological polar surface area (TPSA) is 79.2 Å². The van der Waals surface area contributed by atoms with E-state index >= 15 is 0 Å². The average Bonchev–Trinajstić information content (AvgIpc) is 2.62. The predicted octanol–water partition coefficient (Wildman–Crippen LogP) is 2.96. The fourth-order valence-corrected chi connectivity index (χ4v) is 3.24. The number of rotatable bonds is 15. The molecule has 1 aliphatic heterocycles. The zero-order chi connectivity index (χ0) is 18.3. The molecule has 0 aliphatic carbocycles. The molecule has 1 saturated heterocycles. The molecular weight excluding hydrogens is 320 g/mol. The predicted molar refractivity (Wildman–Crippen MR) is 99.6 cm³/mol. The molecule has 0 radical (unpaired) electrons. The third-order valence-electron chi connectivity index (χ3n) is 4.87. The number of aliphatic hydroxyl groups is 3. The Balaban J connectivity index is 1.93. The highest BCUT2D eigenvalue weighted by Crippen LogP contribution is 2.19. The van der Waals surface area contributed by atoms with Crippen LogP contribution in [0.3, 0.4) is 0 Å². The van der Waals surface area contributed by atoms with Gasteiger partial charge in [0.1, 0.15) is 24.4 Å². The van der Waals surface area contributed by atoms with Crippen LogP contribution < -0.4 is 0 Å². The molecule has 0 spiro atoms. The van der Waals surface area contributed by atoms with Crippen LogP contribution >= 0.6 is 0 Å². The maximum absolute atomic E-state index is 9.96. The van der Waals surface area contributed by atoms with E-state index in [0.29, 0.717) is 6.61 Å². The van der Waals surface area contributed by atoms with Gasteiger partial charge in [0.05, 0.1) is 13.2 Å². The molecule has 3 N–H and O–H groups in total. The van der Waals surface area contributed by atoms with Crippen molar-refractivity contribution in [1.82, 2.24) is 0 Å². The van der Waals surface area contributed by atoms with Gasteiger partial charge in [-0.2, -0.15) is 0 Å². The molecule has 0 unspecified atom stereocenters. The molecule has 25 heavy (non-hydrogen) atoms. The summed E-state index contributed by atoms with van der Waals surface area (Å²) in [6, 6.07) is 0. The lowest BCUT2D eigenvalue weighted by molar-refractivity contribution is -0.211. The molecule has 1 heterocycles. The van der Waals surface area contributed by atoms with E-state index in [9.17, 15) is 15.3 Å². The van der Waals surface area contributed by atoms with Crippen LogP contribution in [0, 0.1) is 0 Å². The lowest BCUT2D eigenvalue weighted by atomic mass is 10.0. The first kappa shape index (κ1) is 22.6. The third-order valence-corrected chi connectivity index (χ3v) is 4.87. The van der Waals surface area contributed by atoms with Crippen molar-refractivity contribution in [1.29, 1.82) is 0 Å². The number of aliphatic hydroxyl groups excluding tert-OH is 3. The summed E-state index contributed by atoms with van der Waals surface area (Å²) in [6.07, 6.45) is 12.4. The molecule has 0 aromatic heterocycles. The van der Waals surface area contributed by atoms with Crippen LogP contribution in [0.2, 0.25) is 0 Å². The molecule has 0 aromatic carbocycles. The van der Waals surface area contributed by atoms with Gasteiger partial charge >= 0.3 is 0 Å². The Bertz CT molecular complexity index is 321. The van der Waals surface area contributed by atoms with Gasteiger partial charge in [-0.3, -0.25) is 0 Å². The van der Waals surface area contributed by atoms with E-state index in [-0.39, 0.29) is 13.2 Å². The Hall–Kier alpha value is -0.460. The van der Waals surface area contributed by atoms with Crippen molar-refractivity contribution in [2.45, 2.75) is 95.0 Å². The van der Waals surface area contributed by atoms with Gasteiger partial charge in [0.2, 0.25) is 0 Å². The van der Waals surface area contributed by atoms with Crippen molar-refractivity contribution < 1.29 is 24.8 Å². The highest BCUT2D eigenvalue weighted by atomic mass is 16.6. The fraction of sp³-hybridized carbons (Fsp3) is 0.900. The van der Waals surface area contributed by atoms with E-state index in [4.69, 9.17) is 9.47 Å². The molecule has 1 fully saturated rings. The summed E-state index contributed by atoms with van der Waals surface area (Å²) in [4.78, 5) is 0. The van der Waals surface area contributed by atoms with Crippen LogP contribution in [0.4, 0.5) is 0 Å². The Morgan fingerprint density at radius 1 is 0.920 bits per heavy atom. The molecule has 0 aromatic rings. The maximum Gasteiger partial charge on any atom is 0.114 e. The summed E-state index contributed by atoms with van der Waals surface area (Å²) in [5, 5.41) is 28.9. The monoisotopic (exact) mass is 358 g/mol. The van der Waals surface area contributed by atoms with Crippen LogP contribution in [0.25, 0.3) is 0 Å². The van der Waals surface area contributed by atoms with E-state index in [1.54, 1.807) is 0 Å². The smallest absolute Gasteiger partial charge is 0.114 e. The van der Waals surface area contributed by atoms with Crippen molar-refractivity contribution in [3.05, 3.63) is 12.7 Å². The SMILES string of the molecule is C=CCCCCCCCCCCCCO[C@H]1[C@H](O)[C@@H](O)CO[C@@H]1CO. The Morgan fingerprint density at radius 3 is 2.04 bits per heavy atom. The lowest BCUT2D eigenvalue weighted by Crippen LogP contribution is -2.55. The summed E-state index contributed by atoms with van der Waals surface area (Å²) < 4.78 is 11.0. The molecule has 5 nitrogen and oxygen atoms in total. The van der Waals surface area contributed by atoms with Crippen LogP contribution in [0.15, 0.2) is 12.7 Å². The van der Waals surface area contributed by atoms with Crippen molar-refractivity contribution in [2.24, 2.45) is 0 Å². The Labute approximate surface area is 153 Å². The average molecular weight is 359 g/mol. The molecule has 0 saturated carbocycles. The van der Waals surface area contributed by atoms with Gasteiger partial charge in [-0.05, 0) is 19.3 Å². The second-order valence-corrected chi connectivity index (χ2v) is 7.06. The summed E-state index contributed by atoms with van der Waals surface area (Å²) >= 11 is 0. The fourth-order valence-electron chi connectivity index (χ4n) is 3.24. The van der Waals surface area contributed by atoms with Gasteiger partial charge in [0, 0.05) is 6.61 Å². The van der Waals surface area contributed by atoms with E-state index in [2.05, 4.69) is 6.58 Å². The van der Waals surface area contributed by atoms with Crippen LogP contribution in [-0.2, 0) is 9.47 Å². The highest BCUT2D eigenvalue weighted by Gasteiger charge is 2.39. The summed E-state index contributed by atoms with van der Waals surface area (Å²) in [6.45, 7) is 4.10. The van der Waals surface area contributed by atoms with Gasteiger partial charge in [-0.25, -0.2) is 0 Å². The van der Waals surface area contributed by atoms with Crippen LogP contribution in [0.5, 0.6) is 0 Å². The lowest BCUT2D eigenvalue weighted by Gasteiger charge is -2.37. The van der Waals surface area contributed by atoms with E-state index in [0.717, 1.165) is 19.3 Å². The van der Waals surface area contributed by atoms with E-state index < -0.39 is 24.4 Å². The van der Waals surface area contributed by atoms with Crippen LogP contribution in [0.1, 0.15) is 70.6 Å². The summed E-state index contributed by atoms with van der Waals surface area (Å²) in [5.41, 5.74) is 0. The van der Waals surface area contributed by atoms with Gasteiger partial charge in [0.25, 0.3) is 0 Å². The molecule has 5 heteroatoms. The number of unbranched alkanes of at least 4 members (excludes halogenated alkanes) is 10. The normalized spacial score (nSPS) is 26.7. The van der Waals surface area contributed by atoms with Crippen molar-refractivity contribution in [2.75, 3.05) is 19.8 Å². The summed E-state index contributed by atoms with van der Waals surface area (Å²) in [7, 11) is 0. The van der Waals surface area contributed by atoms with Gasteiger partial charge in [0.15, 0.2) is 0 Å². The van der Waals surface area contributed by atoms with Crippen LogP contribution in [-0.4, -0.2) is 59.6 Å². The standard InChI is InChI=1S/C20H38O5/c1-2-3-4-5-6-7-8-9-10-11-12-13-14-24-20-18(15-21)25-16-17(22)19(20)23/h2,17-23H,1,3-16H2/t17-,18+,19+,20+/m0/s1. The van der Waals surface area contributed by atoms with Gasteiger partial charge in [-0.15, -0.1) is 6.58 Å². The first-order valence-corrected chi connectivity index (χ1v) is 10.0. The first-order valence-electron chi connectivity index (χ1n) is 10.0.